The van der Waals surface area contributed by atoms with Crippen LogP contribution in [0.3, 0.4) is 0 Å². The number of carbonyl (C=O) groups excluding carboxylic acids is 2. The van der Waals surface area contributed by atoms with E-state index in [4.69, 9.17) is 5.73 Å². The van der Waals surface area contributed by atoms with Crippen LogP contribution in [0.4, 0.5) is 11.4 Å². The minimum absolute atomic E-state index is 0.0410. The van der Waals surface area contributed by atoms with Gasteiger partial charge in [-0.1, -0.05) is 12.5 Å². The molecule has 138 valence electrons. The number of carbonyl (C=O) groups is 2. The number of hydrogen-bond donors (Lipinski definition) is 3. The Bertz CT molecular complexity index is 759. The summed E-state index contributed by atoms with van der Waals surface area (Å²) in [6.45, 7) is 1.78. The van der Waals surface area contributed by atoms with Gasteiger partial charge in [-0.25, -0.2) is 0 Å². The lowest BCUT2D eigenvalue weighted by atomic mass is 10.00. The number of aromatic nitrogens is 2. The van der Waals surface area contributed by atoms with Crippen LogP contribution in [0.5, 0.6) is 0 Å². The molecule has 1 aromatic carbocycles. The normalized spacial score (nSPS) is 20.5. The summed E-state index contributed by atoms with van der Waals surface area (Å²) in [5, 5.41) is 9.83. The molecular weight excluding hydrogens is 330 g/mol. The monoisotopic (exact) mass is 355 g/mol. The fraction of sp³-hybridized carbons (Fsp3) is 0.421. The Balaban J connectivity index is 1.57. The molecule has 0 spiro atoms. The van der Waals surface area contributed by atoms with Crippen molar-refractivity contribution in [2.24, 2.45) is 11.7 Å². The van der Waals surface area contributed by atoms with E-state index in [0.29, 0.717) is 17.8 Å². The van der Waals surface area contributed by atoms with Crippen LogP contribution in [0.25, 0.3) is 0 Å². The zero-order valence-corrected chi connectivity index (χ0v) is 14.9. The molecule has 26 heavy (non-hydrogen) atoms. The Morgan fingerprint density at radius 1 is 1.27 bits per heavy atom. The first-order chi connectivity index (χ1) is 12.5. The van der Waals surface area contributed by atoms with Crippen molar-refractivity contribution in [1.29, 1.82) is 0 Å². The van der Waals surface area contributed by atoms with E-state index in [1.807, 2.05) is 0 Å². The molecule has 1 heterocycles. The highest BCUT2D eigenvalue weighted by atomic mass is 16.2. The Labute approximate surface area is 153 Å². The largest absolute Gasteiger partial charge is 0.327 e. The van der Waals surface area contributed by atoms with Crippen molar-refractivity contribution in [3.63, 3.8) is 0 Å². The van der Waals surface area contributed by atoms with Crippen molar-refractivity contribution < 1.29 is 9.59 Å². The zero-order chi connectivity index (χ0) is 18.5. The summed E-state index contributed by atoms with van der Waals surface area (Å²) in [6.07, 6.45) is 6.91. The van der Waals surface area contributed by atoms with E-state index in [1.165, 1.54) is 0 Å². The van der Waals surface area contributed by atoms with E-state index in [2.05, 4.69) is 15.7 Å². The predicted molar refractivity (Wildman–Crippen MR) is 101 cm³/mol. The molecule has 0 saturated heterocycles. The van der Waals surface area contributed by atoms with Gasteiger partial charge in [0.15, 0.2) is 0 Å². The van der Waals surface area contributed by atoms with E-state index in [1.54, 1.807) is 54.3 Å². The van der Waals surface area contributed by atoms with Crippen molar-refractivity contribution in [2.45, 2.75) is 44.7 Å². The maximum Gasteiger partial charge on any atom is 0.248 e. The molecule has 1 saturated carbocycles. The summed E-state index contributed by atoms with van der Waals surface area (Å²) < 4.78 is 1.59. The SMILES string of the molecule is CC(C(=O)Nc1cccc(NC(=O)C[C@@H]2CCC[C@H]2N)c1)n1cccn1. The molecule has 1 aliphatic carbocycles. The fourth-order valence-electron chi connectivity index (χ4n) is 3.32. The van der Waals surface area contributed by atoms with Crippen molar-refractivity contribution in [3.8, 4) is 0 Å². The summed E-state index contributed by atoms with van der Waals surface area (Å²) in [7, 11) is 0. The summed E-state index contributed by atoms with van der Waals surface area (Å²) in [5.74, 6) is 0.0441. The van der Waals surface area contributed by atoms with Gasteiger partial charge in [-0.05, 0) is 49.9 Å². The second kappa shape index (κ2) is 8.14. The van der Waals surface area contributed by atoms with Gasteiger partial charge in [0.25, 0.3) is 0 Å². The third-order valence-corrected chi connectivity index (χ3v) is 4.88. The summed E-state index contributed by atoms with van der Waals surface area (Å²) in [5.41, 5.74) is 7.32. The lowest BCUT2D eigenvalue weighted by Crippen LogP contribution is -2.28. The minimum atomic E-state index is -0.424. The first-order valence-corrected chi connectivity index (χ1v) is 8.98. The van der Waals surface area contributed by atoms with E-state index >= 15 is 0 Å². The number of anilines is 2. The molecule has 1 fully saturated rings. The molecule has 0 aliphatic heterocycles. The van der Waals surface area contributed by atoms with Crippen LogP contribution in [-0.4, -0.2) is 27.6 Å². The molecule has 0 bridgehead atoms. The maximum atomic E-state index is 12.3. The van der Waals surface area contributed by atoms with E-state index in [0.717, 1.165) is 19.3 Å². The second-order valence-corrected chi connectivity index (χ2v) is 6.84. The van der Waals surface area contributed by atoms with Crippen LogP contribution in [-0.2, 0) is 9.59 Å². The molecule has 0 radical (unpaired) electrons. The highest BCUT2D eigenvalue weighted by molar-refractivity contribution is 5.95. The van der Waals surface area contributed by atoms with Gasteiger partial charge in [-0.3, -0.25) is 14.3 Å². The standard InChI is InChI=1S/C19H25N5O2/c1-13(24-10-4-9-21-24)19(26)23-16-7-3-6-15(12-16)22-18(25)11-14-5-2-8-17(14)20/h3-4,6-7,9-10,12-14,17H,2,5,8,11,20H2,1H3,(H,22,25)(H,23,26)/t13?,14-,17+/m0/s1. The van der Waals surface area contributed by atoms with Gasteiger partial charge in [0.1, 0.15) is 6.04 Å². The number of nitrogens with two attached hydrogens (primary N) is 1. The third kappa shape index (κ3) is 4.49. The predicted octanol–water partition coefficient (Wildman–Crippen LogP) is 2.54. The van der Waals surface area contributed by atoms with Gasteiger partial charge in [0.05, 0.1) is 0 Å². The second-order valence-electron chi connectivity index (χ2n) is 6.84. The number of nitrogens with one attached hydrogen (secondary N) is 2. The summed E-state index contributed by atoms with van der Waals surface area (Å²) >= 11 is 0. The highest BCUT2D eigenvalue weighted by Crippen LogP contribution is 2.27. The molecule has 1 aliphatic rings. The van der Waals surface area contributed by atoms with Crippen molar-refractivity contribution in [2.75, 3.05) is 10.6 Å². The molecule has 1 aromatic heterocycles. The van der Waals surface area contributed by atoms with E-state index in [-0.39, 0.29) is 23.8 Å². The van der Waals surface area contributed by atoms with Gasteiger partial charge in [-0.15, -0.1) is 0 Å². The number of hydrogen-bond acceptors (Lipinski definition) is 4. The molecule has 4 N–H and O–H groups in total. The van der Waals surface area contributed by atoms with Crippen molar-refractivity contribution in [1.82, 2.24) is 9.78 Å². The van der Waals surface area contributed by atoms with Gasteiger partial charge in [0.2, 0.25) is 11.8 Å². The molecule has 7 nitrogen and oxygen atoms in total. The Hall–Kier alpha value is -2.67. The van der Waals surface area contributed by atoms with Crippen LogP contribution in [0.1, 0.15) is 38.6 Å². The van der Waals surface area contributed by atoms with Gasteiger partial charge < -0.3 is 16.4 Å². The third-order valence-electron chi connectivity index (χ3n) is 4.88. The summed E-state index contributed by atoms with van der Waals surface area (Å²) in [6, 6.07) is 8.61. The Kier molecular flexibility index (Phi) is 5.68. The first-order valence-electron chi connectivity index (χ1n) is 8.98. The van der Waals surface area contributed by atoms with Gasteiger partial charge in [-0.2, -0.15) is 5.10 Å². The molecular formula is C19H25N5O2. The number of benzene rings is 1. The maximum absolute atomic E-state index is 12.3. The quantitative estimate of drug-likeness (QED) is 0.741. The highest BCUT2D eigenvalue weighted by Gasteiger charge is 2.26. The molecule has 2 amide bonds. The van der Waals surface area contributed by atoms with Gasteiger partial charge >= 0.3 is 0 Å². The van der Waals surface area contributed by atoms with E-state index < -0.39 is 6.04 Å². The number of nitrogens with zero attached hydrogens (tertiary/aromatic N) is 2. The molecule has 3 rings (SSSR count). The van der Waals surface area contributed by atoms with Crippen molar-refractivity contribution in [3.05, 3.63) is 42.7 Å². The smallest absolute Gasteiger partial charge is 0.248 e. The van der Waals surface area contributed by atoms with E-state index in [9.17, 15) is 9.59 Å². The van der Waals surface area contributed by atoms with Crippen LogP contribution in [0.15, 0.2) is 42.7 Å². The van der Waals surface area contributed by atoms with Crippen molar-refractivity contribution >= 4 is 23.2 Å². The first kappa shape index (κ1) is 18.1. The topological polar surface area (TPSA) is 102 Å². The Morgan fingerprint density at radius 3 is 2.69 bits per heavy atom. The van der Waals surface area contributed by atoms with Crippen LogP contribution in [0, 0.1) is 5.92 Å². The molecule has 2 aromatic rings. The van der Waals surface area contributed by atoms with Crippen LogP contribution in [0.2, 0.25) is 0 Å². The average Bonchev–Trinajstić information content (AvgIpc) is 3.27. The molecule has 7 heteroatoms. The minimum Gasteiger partial charge on any atom is -0.327 e. The lowest BCUT2D eigenvalue weighted by molar-refractivity contribution is -0.119. The van der Waals surface area contributed by atoms with Gasteiger partial charge in [0, 0.05) is 36.2 Å². The van der Waals surface area contributed by atoms with Crippen LogP contribution < -0.4 is 16.4 Å². The number of rotatable bonds is 6. The number of amides is 2. The average molecular weight is 355 g/mol. The zero-order valence-electron chi connectivity index (χ0n) is 14.9. The fourth-order valence-corrected chi connectivity index (χ4v) is 3.32. The Morgan fingerprint density at radius 2 is 2.04 bits per heavy atom. The lowest BCUT2D eigenvalue weighted by Gasteiger charge is -2.16. The van der Waals surface area contributed by atoms with Crippen LogP contribution >= 0.6 is 0 Å². The summed E-state index contributed by atoms with van der Waals surface area (Å²) in [4.78, 5) is 24.6. The molecule has 3 atom stereocenters. The molecule has 1 unspecified atom stereocenters.